The zero-order chi connectivity index (χ0) is 11.5. The maximum atomic E-state index is 12.8. The summed E-state index contributed by atoms with van der Waals surface area (Å²) >= 11 is 3.29. The van der Waals surface area contributed by atoms with Crippen molar-refractivity contribution < 1.29 is 4.39 Å². The minimum Gasteiger partial charge on any atom is -0.370 e. The molecule has 5 heteroatoms. The summed E-state index contributed by atoms with van der Waals surface area (Å²) in [7, 11) is 0. The molecule has 0 spiro atoms. The molecule has 2 rings (SSSR count). The lowest BCUT2D eigenvalue weighted by Gasteiger charge is -2.04. The molecule has 1 saturated carbocycles. The Balaban J connectivity index is 1.97. The van der Waals surface area contributed by atoms with E-state index in [1.165, 1.54) is 12.1 Å². The third-order valence-electron chi connectivity index (χ3n) is 2.36. The fourth-order valence-corrected chi connectivity index (χ4v) is 1.78. The van der Waals surface area contributed by atoms with E-state index in [-0.39, 0.29) is 5.82 Å². The SMILES string of the molecule is NC(=NCc1ccc(F)cc1Br)NC1CC1. The predicted octanol–water partition coefficient (Wildman–Crippen LogP) is 2.15. The van der Waals surface area contributed by atoms with Crippen LogP contribution in [0.2, 0.25) is 0 Å². The average Bonchev–Trinajstić information content (AvgIpc) is 3.00. The lowest BCUT2D eigenvalue weighted by atomic mass is 10.2. The normalized spacial score (nSPS) is 16.2. The lowest BCUT2D eigenvalue weighted by molar-refractivity contribution is 0.626. The smallest absolute Gasteiger partial charge is 0.189 e. The van der Waals surface area contributed by atoms with E-state index in [1.807, 2.05) is 0 Å². The molecule has 1 fully saturated rings. The largest absolute Gasteiger partial charge is 0.370 e. The first-order valence-corrected chi connectivity index (χ1v) is 5.95. The summed E-state index contributed by atoms with van der Waals surface area (Å²) in [4.78, 5) is 4.20. The van der Waals surface area contributed by atoms with E-state index in [9.17, 15) is 4.39 Å². The molecule has 0 amide bonds. The first-order chi connectivity index (χ1) is 7.65. The van der Waals surface area contributed by atoms with Crippen LogP contribution >= 0.6 is 15.9 Å². The predicted molar refractivity (Wildman–Crippen MR) is 65.6 cm³/mol. The van der Waals surface area contributed by atoms with Crippen molar-refractivity contribution >= 4 is 21.9 Å². The molecular formula is C11H13BrFN3. The fourth-order valence-electron chi connectivity index (χ4n) is 1.30. The second-order valence-corrected chi connectivity index (χ2v) is 4.71. The highest BCUT2D eigenvalue weighted by atomic mass is 79.9. The number of nitrogens with two attached hydrogens (primary N) is 1. The number of rotatable bonds is 3. The van der Waals surface area contributed by atoms with Crippen LogP contribution < -0.4 is 11.1 Å². The number of nitrogens with zero attached hydrogens (tertiary/aromatic N) is 1. The fraction of sp³-hybridized carbons (Fsp3) is 0.364. The van der Waals surface area contributed by atoms with Gasteiger partial charge in [0.2, 0.25) is 0 Å². The van der Waals surface area contributed by atoms with Gasteiger partial charge in [0, 0.05) is 10.5 Å². The van der Waals surface area contributed by atoms with Crippen molar-refractivity contribution in [1.82, 2.24) is 5.32 Å². The van der Waals surface area contributed by atoms with Gasteiger partial charge in [0.05, 0.1) is 6.54 Å². The molecule has 3 N–H and O–H groups in total. The first kappa shape index (κ1) is 11.4. The molecule has 0 heterocycles. The van der Waals surface area contributed by atoms with E-state index in [2.05, 4.69) is 26.2 Å². The van der Waals surface area contributed by atoms with Crippen LogP contribution in [0.5, 0.6) is 0 Å². The molecule has 0 aliphatic heterocycles. The lowest BCUT2D eigenvalue weighted by Crippen LogP contribution is -2.33. The van der Waals surface area contributed by atoms with Crippen molar-refractivity contribution in [1.29, 1.82) is 0 Å². The molecule has 1 aromatic carbocycles. The van der Waals surface area contributed by atoms with Crippen molar-refractivity contribution in [2.45, 2.75) is 25.4 Å². The Hall–Kier alpha value is -1.10. The molecule has 1 aliphatic carbocycles. The van der Waals surface area contributed by atoms with Gasteiger partial charge in [-0.1, -0.05) is 22.0 Å². The maximum Gasteiger partial charge on any atom is 0.189 e. The van der Waals surface area contributed by atoms with Gasteiger partial charge in [0.15, 0.2) is 5.96 Å². The van der Waals surface area contributed by atoms with E-state index in [0.717, 1.165) is 22.9 Å². The van der Waals surface area contributed by atoms with E-state index >= 15 is 0 Å². The Morgan fingerprint density at radius 3 is 2.94 bits per heavy atom. The number of halogens is 2. The molecule has 0 radical (unpaired) electrons. The zero-order valence-corrected chi connectivity index (χ0v) is 10.3. The van der Waals surface area contributed by atoms with Crippen LogP contribution in [0.4, 0.5) is 4.39 Å². The van der Waals surface area contributed by atoms with Gasteiger partial charge in [-0.2, -0.15) is 0 Å². The molecule has 1 aliphatic rings. The molecule has 0 saturated heterocycles. The Morgan fingerprint density at radius 2 is 2.31 bits per heavy atom. The molecule has 0 unspecified atom stereocenters. The molecular weight excluding hydrogens is 273 g/mol. The van der Waals surface area contributed by atoms with Gasteiger partial charge in [-0.05, 0) is 30.5 Å². The average molecular weight is 286 g/mol. The minimum absolute atomic E-state index is 0.260. The number of guanidine groups is 1. The van der Waals surface area contributed by atoms with Crippen molar-refractivity contribution in [3.8, 4) is 0 Å². The summed E-state index contributed by atoms with van der Waals surface area (Å²) < 4.78 is 13.5. The van der Waals surface area contributed by atoms with Crippen LogP contribution in [0.1, 0.15) is 18.4 Å². The van der Waals surface area contributed by atoms with Crippen molar-refractivity contribution in [3.05, 3.63) is 34.1 Å². The Kier molecular flexibility index (Phi) is 3.43. The highest BCUT2D eigenvalue weighted by Gasteiger charge is 2.21. The summed E-state index contributed by atoms with van der Waals surface area (Å²) in [6.07, 6.45) is 2.33. The topological polar surface area (TPSA) is 50.4 Å². The molecule has 16 heavy (non-hydrogen) atoms. The second-order valence-electron chi connectivity index (χ2n) is 3.86. The van der Waals surface area contributed by atoms with Gasteiger partial charge in [-0.15, -0.1) is 0 Å². The van der Waals surface area contributed by atoms with E-state index in [4.69, 9.17) is 5.73 Å². The van der Waals surface area contributed by atoms with Crippen molar-refractivity contribution in [2.75, 3.05) is 0 Å². The van der Waals surface area contributed by atoms with E-state index in [1.54, 1.807) is 6.07 Å². The molecule has 3 nitrogen and oxygen atoms in total. The first-order valence-electron chi connectivity index (χ1n) is 5.15. The van der Waals surface area contributed by atoms with Crippen molar-refractivity contribution in [2.24, 2.45) is 10.7 Å². The summed E-state index contributed by atoms with van der Waals surface area (Å²) in [5.41, 5.74) is 6.61. The third-order valence-corrected chi connectivity index (χ3v) is 3.10. The molecule has 0 bridgehead atoms. The van der Waals surface area contributed by atoms with Crippen LogP contribution in [0.3, 0.4) is 0 Å². The van der Waals surface area contributed by atoms with Gasteiger partial charge in [0.1, 0.15) is 5.82 Å². The monoisotopic (exact) mass is 285 g/mol. The van der Waals surface area contributed by atoms with Gasteiger partial charge in [-0.3, -0.25) is 0 Å². The van der Waals surface area contributed by atoms with Gasteiger partial charge < -0.3 is 11.1 Å². The van der Waals surface area contributed by atoms with Gasteiger partial charge in [0.25, 0.3) is 0 Å². The molecule has 86 valence electrons. The molecule has 0 aromatic heterocycles. The second kappa shape index (κ2) is 4.82. The summed E-state index contributed by atoms with van der Waals surface area (Å²) in [5, 5.41) is 3.09. The quantitative estimate of drug-likeness (QED) is 0.661. The zero-order valence-electron chi connectivity index (χ0n) is 8.71. The Bertz CT molecular complexity index is 416. The van der Waals surface area contributed by atoms with Crippen LogP contribution in [0.15, 0.2) is 27.7 Å². The van der Waals surface area contributed by atoms with Gasteiger partial charge in [-0.25, -0.2) is 9.38 Å². The Labute approximate surface area is 102 Å². The number of benzene rings is 1. The maximum absolute atomic E-state index is 12.8. The van der Waals surface area contributed by atoms with E-state index < -0.39 is 0 Å². The summed E-state index contributed by atoms with van der Waals surface area (Å²) in [6.45, 7) is 0.451. The number of hydrogen-bond donors (Lipinski definition) is 2. The van der Waals surface area contributed by atoms with Crippen LogP contribution in [-0.2, 0) is 6.54 Å². The highest BCUT2D eigenvalue weighted by Crippen LogP contribution is 2.19. The van der Waals surface area contributed by atoms with Crippen LogP contribution in [-0.4, -0.2) is 12.0 Å². The van der Waals surface area contributed by atoms with Gasteiger partial charge >= 0.3 is 0 Å². The standard InChI is InChI=1S/C11H13BrFN3/c12-10-5-8(13)2-1-7(10)6-15-11(14)16-9-3-4-9/h1-2,5,9H,3-4,6H2,(H3,14,15,16). The van der Waals surface area contributed by atoms with Crippen molar-refractivity contribution in [3.63, 3.8) is 0 Å². The number of aliphatic imine (C=N–C) groups is 1. The molecule has 0 atom stereocenters. The number of hydrogen-bond acceptors (Lipinski definition) is 1. The van der Waals surface area contributed by atoms with E-state index in [0.29, 0.717) is 18.5 Å². The summed E-state index contributed by atoms with van der Waals surface area (Å²) in [5.74, 6) is 0.197. The van der Waals surface area contributed by atoms with Crippen LogP contribution in [0.25, 0.3) is 0 Å². The summed E-state index contributed by atoms with van der Waals surface area (Å²) in [6, 6.07) is 5.04. The third kappa shape index (κ3) is 3.20. The number of nitrogens with one attached hydrogen (secondary N) is 1. The molecule has 1 aromatic rings. The minimum atomic E-state index is -0.260. The highest BCUT2D eigenvalue weighted by molar-refractivity contribution is 9.10. The van der Waals surface area contributed by atoms with Crippen LogP contribution in [0, 0.1) is 5.82 Å². The Morgan fingerprint density at radius 1 is 1.56 bits per heavy atom.